The van der Waals surface area contributed by atoms with Gasteiger partial charge in [-0.2, -0.15) is 0 Å². The molecule has 0 fully saturated rings. The van der Waals surface area contributed by atoms with Crippen LogP contribution in [0.5, 0.6) is 0 Å². The van der Waals surface area contributed by atoms with Crippen molar-refractivity contribution < 1.29 is 0 Å². The summed E-state index contributed by atoms with van der Waals surface area (Å²) in [5.74, 6) is 0. The van der Waals surface area contributed by atoms with E-state index in [4.69, 9.17) is 5.41 Å². The Bertz CT molecular complexity index is 229. The molecule has 14 heavy (non-hydrogen) atoms. The predicted molar refractivity (Wildman–Crippen MR) is 74.6 cm³/mol. The van der Waals surface area contributed by atoms with Gasteiger partial charge in [0, 0.05) is 24.0 Å². The minimum absolute atomic E-state index is 0. The summed E-state index contributed by atoms with van der Waals surface area (Å²) in [7, 11) is 1.90. The Hall–Kier alpha value is -0.320. The number of hydrogen-bond acceptors (Lipinski definition) is 2. The van der Waals surface area contributed by atoms with E-state index in [1.54, 1.807) is 0 Å². The van der Waals surface area contributed by atoms with Crippen LogP contribution < -0.4 is 5.32 Å². The minimum atomic E-state index is 0. The summed E-state index contributed by atoms with van der Waals surface area (Å²) in [6.45, 7) is 5.82. The summed E-state index contributed by atoms with van der Waals surface area (Å²) < 4.78 is 0. The summed E-state index contributed by atoms with van der Waals surface area (Å²) in [5.41, 5.74) is 2.80. The van der Waals surface area contributed by atoms with Gasteiger partial charge in [-0.05, 0) is 19.8 Å². The zero-order chi connectivity index (χ0) is 10.3. The van der Waals surface area contributed by atoms with Crippen molar-refractivity contribution in [2.24, 2.45) is 0 Å². The van der Waals surface area contributed by atoms with Gasteiger partial charge in [0.05, 0.1) is 0 Å². The van der Waals surface area contributed by atoms with Gasteiger partial charge >= 0.3 is 0 Å². The van der Waals surface area contributed by atoms with Crippen molar-refractivity contribution in [1.29, 1.82) is 5.41 Å². The fourth-order valence-electron chi connectivity index (χ4n) is 1.27. The molecule has 0 bridgehead atoms. The molecule has 0 atom stereocenters. The highest BCUT2D eigenvalue weighted by Crippen LogP contribution is 2.16. The van der Waals surface area contributed by atoms with E-state index in [0.717, 1.165) is 24.1 Å². The average Bonchev–Trinajstić information content (AvgIpc) is 2.20. The van der Waals surface area contributed by atoms with E-state index in [2.05, 4.69) is 17.5 Å². The van der Waals surface area contributed by atoms with Gasteiger partial charge in [-0.15, -0.1) is 24.0 Å². The summed E-state index contributed by atoms with van der Waals surface area (Å²) in [6, 6.07) is 0. The number of likely N-dealkylation sites (N-methyl/N-ethyl adjacent to an activating group) is 1. The molecular weight excluding hydrogens is 287 g/mol. The van der Waals surface area contributed by atoms with E-state index in [9.17, 15) is 0 Å². The topological polar surface area (TPSA) is 35.9 Å². The highest BCUT2D eigenvalue weighted by molar-refractivity contribution is 14.0. The summed E-state index contributed by atoms with van der Waals surface area (Å²) in [5, 5.41) is 10.6. The van der Waals surface area contributed by atoms with E-state index >= 15 is 0 Å². The molecule has 0 heterocycles. The highest BCUT2D eigenvalue weighted by Gasteiger charge is 2.07. The zero-order valence-corrected chi connectivity index (χ0v) is 11.8. The van der Waals surface area contributed by atoms with Gasteiger partial charge in [-0.25, -0.2) is 0 Å². The fraction of sp³-hybridized carbons (Fsp3) is 0.545. The van der Waals surface area contributed by atoms with Crippen LogP contribution in [0.1, 0.15) is 33.6 Å². The first-order chi connectivity index (χ1) is 6.25. The van der Waals surface area contributed by atoms with Crippen LogP contribution in [0.2, 0.25) is 0 Å². The average molecular weight is 308 g/mol. The van der Waals surface area contributed by atoms with Crippen LogP contribution in [0.3, 0.4) is 0 Å². The molecule has 1 aliphatic rings. The molecule has 0 aromatic rings. The Morgan fingerprint density at radius 3 is 2.14 bits per heavy atom. The first-order valence-corrected chi connectivity index (χ1v) is 4.89. The number of halogens is 1. The van der Waals surface area contributed by atoms with Gasteiger partial charge in [0.2, 0.25) is 0 Å². The molecule has 0 aliphatic heterocycles. The summed E-state index contributed by atoms with van der Waals surface area (Å²) in [6.07, 6.45) is 6.42. The second-order valence-corrected chi connectivity index (χ2v) is 2.69. The Morgan fingerprint density at radius 2 is 1.79 bits per heavy atom. The molecule has 2 N–H and O–H groups in total. The molecule has 0 spiro atoms. The van der Waals surface area contributed by atoms with Gasteiger partial charge in [0.1, 0.15) is 0 Å². The van der Waals surface area contributed by atoms with Crippen LogP contribution in [-0.4, -0.2) is 12.8 Å². The maximum absolute atomic E-state index is 7.47. The monoisotopic (exact) mass is 308 g/mol. The molecular formula is C11H21IN2. The number of nitrogens with one attached hydrogen (secondary N) is 2. The largest absolute Gasteiger partial charge is 0.388 e. The standard InChI is InChI=1S/C9H14N2.C2H6.HI/c1-7(10)8-5-3-4-6-9(8)11-2;1-2;/h5-6,10-11H,3-4H2,1-2H3;1-2H3;1H. The third-order valence-corrected chi connectivity index (χ3v) is 1.83. The van der Waals surface area contributed by atoms with Gasteiger partial charge in [0.25, 0.3) is 0 Å². The summed E-state index contributed by atoms with van der Waals surface area (Å²) >= 11 is 0. The maximum Gasteiger partial charge on any atom is 0.0385 e. The zero-order valence-electron chi connectivity index (χ0n) is 9.48. The minimum Gasteiger partial charge on any atom is -0.388 e. The van der Waals surface area contributed by atoms with Gasteiger partial charge in [-0.1, -0.05) is 26.0 Å². The van der Waals surface area contributed by atoms with Crippen molar-refractivity contribution in [3.05, 3.63) is 23.4 Å². The van der Waals surface area contributed by atoms with Crippen LogP contribution in [0.25, 0.3) is 0 Å². The van der Waals surface area contributed by atoms with Crippen LogP contribution in [-0.2, 0) is 0 Å². The SMILES string of the molecule is CC.CNC1=CCCC=C1C(C)=N.I. The quantitative estimate of drug-likeness (QED) is 0.594. The highest BCUT2D eigenvalue weighted by atomic mass is 127. The van der Waals surface area contributed by atoms with E-state index in [1.165, 1.54) is 0 Å². The smallest absolute Gasteiger partial charge is 0.0385 e. The van der Waals surface area contributed by atoms with E-state index in [0.29, 0.717) is 5.71 Å². The van der Waals surface area contributed by atoms with Crippen molar-refractivity contribution in [2.75, 3.05) is 7.05 Å². The molecule has 0 saturated carbocycles. The molecule has 82 valence electrons. The Kier molecular flexibility index (Phi) is 10.6. The number of rotatable bonds is 2. The van der Waals surface area contributed by atoms with E-state index in [1.807, 2.05) is 27.8 Å². The van der Waals surface area contributed by atoms with E-state index < -0.39 is 0 Å². The lowest BCUT2D eigenvalue weighted by Gasteiger charge is -2.14. The molecule has 1 aliphatic carbocycles. The number of allylic oxidation sites excluding steroid dienone is 3. The second kappa shape index (κ2) is 9.24. The van der Waals surface area contributed by atoms with Gasteiger partial charge < -0.3 is 10.7 Å². The summed E-state index contributed by atoms with van der Waals surface area (Å²) in [4.78, 5) is 0. The Labute approximate surface area is 104 Å². The molecule has 0 amide bonds. The molecule has 2 nitrogen and oxygen atoms in total. The Balaban J connectivity index is 0. The van der Waals surface area contributed by atoms with Crippen LogP contribution in [0.15, 0.2) is 23.4 Å². The normalized spacial score (nSPS) is 13.7. The molecule has 0 saturated heterocycles. The lowest BCUT2D eigenvalue weighted by molar-refractivity contribution is 0.926. The van der Waals surface area contributed by atoms with Crippen molar-refractivity contribution in [3.63, 3.8) is 0 Å². The lowest BCUT2D eigenvalue weighted by Crippen LogP contribution is -2.14. The van der Waals surface area contributed by atoms with Crippen molar-refractivity contribution in [1.82, 2.24) is 5.32 Å². The molecule has 0 radical (unpaired) electrons. The number of hydrogen-bond donors (Lipinski definition) is 2. The first kappa shape index (κ1) is 16.1. The van der Waals surface area contributed by atoms with Gasteiger partial charge in [0.15, 0.2) is 0 Å². The Morgan fingerprint density at radius 1 is 1.29 bits per heavy atom. The molecule has 3 heteroatoms. The first-order valence-electron chi connectivity index (χ1n) is 4.89. The molecule has 0 aromatic carbocycles. The van der Waals surface area contributed by atoms with Crippen LogP contribution in [0, 0.1) is 5.41 Å². The van der Waals surface area contributed by atoms with Crippen molar-refractivity contribution in [3.8, 4) is 0 Å². The molecule has 0 unspecified atom stereocenters. The fourth-order valence-corrected chi connectivity index (χ4v) is 1.27. The van der Waals surface area contributed by atoms with Crippen LogP contribution >= 0.6 is 24.0 Å². The van der Waals surface area contributed by atoms with Crippen molar-refractivity contribution in [2.45, 2.75) is 33.6 Å². The van der Waals surface area contributed by atoms with E-state index in [-0.39, 0.29) is 24.0 Å². The van der Waals surface area contributed by atoms with Gasteiger partial charge in [-0.3, -0.25) is 0 Å². The second-order valence-electron chi connectivity index (χ2n) is 2.69. The van der Waals surface area contributed by atoms with Crippen LogP contribution in [0.4, 0.5) is 0 Å². The third kappa shape index (κ3) is 4.79. The maximum atomic E-state index is 7.47. The molecule has 1 rings (SSSR count). The predicted octanol–water partition coefficient (Wildman–Crippen LogP) is 3.49. The molecule has 0 aromatic heterocycles. The van der Waals surface area contributed by atoms with Crippen molar-refractivity contribution >= 4 is 29.7 Å². The lowest BCUT2D eigenvalue weighted by atomic mass is 10.0. The third-order valence-electron chi connectivity index (χ3n) is 1.83.